The molecular formula is C25H37N4S+. The molecule has 0 radical (unpaired) electrons. The van der Waals surface area contributed by atoms with Crippen LogP contribution in [-0.4, -0.2) is 50.2 Å². The van der Waals surface area contributed by atoms with E-state index in [9.17, 15) is 0 Å². The van der Waals surface area contributed by atoms with Gasteiger partial charge in [-0.1, -0.05) is 26.7 Å². The third kappa shape index (κ3) is 6.26. The first-order valence-corrected chi connectivity index (χ1v) is 12.2. The van der Waals surface area contributed by atoms with Crippen molar-refractivity contribution in [3.63, 3.8) is 0 Å². The van der Waals surface area contributed by atoms with Crippen molar-refractivity contribution in [2.75, 3.05) is 45.6 Å². The Labute approximate surface area is 185 Å². The van der Waals surface area contributed by atoms with Crippen molar-refractivity contribution in [3.05, 3.63) is 41.8 Å². The number of aromatic nitrogens is 1. The molecule has 0 amide bonds. The van der Waals surface area contributed by atoms with Gasteiger partial charge in [-0.3, -0.25) is 0 Å². The van der Waals surface area contributed by atoms with Crippen molar-refractivity contribution in [1.29, 1.82) is 0 Å². The number of unbranched alkanes of at least 4 members (excludes halogenated alkanes) is 2. The highest BCUT2D eigenvalue weighted by atomic mass is 32.1. The van der Waals surface area contributed by atoms with Crippen LogP contribution in [0.3, 0.4) is 0 Å². The van der Waals surface area contributed by atoms with Crippen molar-refractivity contribution < 1.29 is 0 Å². The zero-order chi connectivity index (χ0) is 21.3. The van der Waals surface area contributed by atoms with Gasteiger partial charge >= 0.3 is 0 Å². The fourth-order valence-corrected chi connectivity index (χ4v) is 4.67. The number of fused-ring (bicyclic) bond motifs is 2. The Morgan fingerprint density at radius 1 is 0.933 bits per heavy atom. The molecule has 4 nitrogen and oxygen atoms in total. The molecule has 2 aliphatic rings. The van der Waals surface area contributed by atoms with E-state index in [4.69, 9.17) is 4.98 Å². The van der Waals surface area contributed by atoms with Gasteiger partial charge in [0, 0.05) is 24.4 Å². The first kappa shape index (κ1) is 22.7. The highest BCUT2D eigenvalue weighted by Gasteiger charge is 2.09. The van der Waals surface area contributed by atoms with Crippen LogP contribution < -0.4 is 15.2 Å². The van der Waals surface area contributed by atoms with Crippen LogP contribution in [0, 0.1) is 0 Å². The molecule has 162 valence electrons. The lowest BCUT2D eigenvalue weighted by Crippen LogP contribution is -2.28. The van der Waals surface area contributed by atoms with Crippen LogP contribution in [0.4, 0.5) is 5.69 Å². The minimum Gasteiger partial charge on any atom is -0.385 e. The van der Waals surface area contributed by atoms with Crippen molar-refractivity contribution in [2.45, 2.75) is 46.0 Å². The molecule has 5 heteroatoms. The van der Waals surface area contributed by atoms with E-state index in [1.165, 1.54) is 72.4 Å². The van der Waals surface area contributed by atoms with Gasteiger partial charge in [-0.25, -0.2) is 9.56 Å². The van der Waals surface area contributed by atoms with Crippen LogP contribution in [0.25, 0.3) is 20.8 Å². The van der Waals surface area contributed by atoms with Crippen molar-refractivity contribution >= 4 is 27.2 Å². The van der Waals surface area contributed by atoms with Gasteiger partial charge in [0.05, 0.1) is 20.8 Å². The number of nitrogens with zero attached hydrogens (tertiary/aromatic N) is 3. The van der Waals surface area contributed by atoms with Gasteiger partial charge in [0.1, 0.15) is 14.1 Å². The van der Waals surface area contributed by atoms with E-state index < -0.39 is 0 Å². The van der Waals surface area contributed by atoms with Crippen LogP contribution in [0.1, 0.15) is 46.0 Å². The van der Waals surface area contributed by atoms with Crippen LogP contribution >= 0.6 is 11.3 Å². The lowest BCUT2D eigenvalue weighted by Gasteiger charge is -2.22. The van der Waals surface area contributed by atoms with Gasteiger partial charge in [0.2, 0.25) is 5.36 Å². The summed E-state index contributed by atoms with van der Waals surface area (Å²) in [4.78, 5) is 8.72. The Morgan fingerprint density at radius 2 is 1.67 bits per heavy atom. The van der Waals surface area contributed by atoms with Gasteiger partial charge in [0.15, 0.2) is 0 Å². The second-order valence-corrected chi connectivity index (χ2v) is 9.36. The summed E-state index contributed by atoms with van der Waals surface area (Å²) in [5.41, 5.74) is 3.33. The predicted octanol–water partition coefficient (Wildman–Crippen LogP) is 5.14. The van der Waals surface area contributed by atoms with E-state index in [2.05, 4.69) is 79.1 Å². The average Bonchev–Trinajstić information content (AvgIpc) is 2.75. The summed E-state index contributed by atoms with van der Waals surface area (Å²) in [6, 6.07) is 13.0. The first-order chi connectivity index (χ1) is 14.6. The van der Waals surface area contributed by atoms with E-state index in [-0.39, 0.29) is 0 Å². The quantitative estimate of drug-likeness (QED) is 0.262. The molecule has 0 unspecified atom stereocenters. The molecule has 0 saturated carbocycles. The Morgan fingerprint density at radius 3 is 2.37 bits per heavy atom. The summed E-state index contributed by atoms with van der Waals surface area (Å²) in [7, 11) is 4.15. The number of rotatable bonds is 11. The van der Waals surface area contributed by atoms with Gasteiger partial charge in [-0.05, 0) is 63.2 Å². The first-order valence-electron chi connectivity index (χ1n) is 11.4. The van der Waals surface area contributed by atoms with Crippen molar-refractivity contribution in [2.24, 2.45) is 0 Å². The maximum absolute atomic E-state index is 4.85. The molecule has 0 fully saturated rings. The standard InChI is InChI=1S/C25H36N4S/c1-5-7-15-29(16-8-6-2)17-9-14-26-20-10-12-22-24(18-20)30-25-19-21(28(3)4)11-13-23(25)27-22/h10-13,18-19H,5-9,14-17H2,1-4H3/p+1. The normalized spacial score (nSPS) is 11.5. The van der Waals surface area contributed by atoms with E-state index >= 15 is 0 Å². The maximum atomic E-state index is 4.85. The van der Waals surface area contributed by atoms with E-state index in [0.717, 1.165) is 17.8 Å². The average molecular weight is 426 g/mol. The number of benzene rings is 2. The zero-order valence-electron chi connectivity index (χ0n) is 19.1. The van der Waals surface area contributed by atoms with Gasteiger partial charge < -0.3 is 10.2 Å². The van der Waals surface area contributed by atoms with Crippen LogP contribution in [0.2, 0.25) is 0 Å². The van der Waals surface area contributed by atoms with Crippen molar-refractivity contribution in [1.82, 2.24) is 14.5 Å². The third-order valence-electron chi connectivity index (χ3n) is 5.52. The zero-order valence-corrected chi connectivity index (χ0v) is 19.9. The van der Waals surface area contributed by atoms with Crippen molar-refractivity contribution in [3.8, 4) is 10.6 Å². The highest BCUT2D eigenvalue weighted by Crippen LogP contribution is 2.30. The monoisotopic (exact) mass is 425 g/mol. The minimum absolute atomic E-state index is 1.01. The lowest BCUT2D eigenvalue weighted by atomic mass is 10.2. The maximum Gasteiger partial charge on any atom is 0.201 e. The van der Waals surface area contributed by atoms with Gasteiger partial charge in [-0.2, -0.15) is 0 Å². The fourth-order valence-electron chi connectivity index (χ4n) is 3.64. The topological polar surface area (TPSA) is 31.2 Å². The third-order valence-corrected chi connectivity index (χ3v) is 6.61. The summed E-state index contributed by atoms with van der Waals surface area (Å²) in [6.45, 7) is 9.22. The molecule has 1 aromatic rings. The number of anilines is 1. The number of hydrogen-bond donors (Lipinski definition) is 1. The fraction of sp³-hybridized carbons (Fsp3) is 0.520. The predicted molar refractivity (Wildman–Crippen MR) is 133 cm³/mol. The smallest absolute Gasteiger partial charge is 0.201 e. The molecular weight excluding hydrogens is 388 g/mol. The second-order valence-electron chi connectivity index (χ2n) is 8.27. The molecule has 30 heavy (non-hydrogen) atoms. The number of nitrogens with one attached hydrogen (secondary N) is 1. The molecule has 1 heterocycles. The molecule has 0 aromatic heterocycles. The molecule has 0 saturated heterocycles. The van der Waals surface area contributed by atoms with Crippen LogP contribution in [0.15, 0.2) is 36.4 Å². The summed E-state index contributed by atoms with van der Waals surface area (Å²) in [5.74, 6) is 0. The largest absolute Gasteiger partial charge is 0.385 e. The summed E-state index contributed by atoms with van der Waals surface area (Å²) in [5, 5.41) is 4.84. The molecule has 0 bridgehead atoms. The molecule has 1 aliphatic heterocycles. The molecule has 1 N–H and O–H groups in total. The second kappa shape index (κ2) is 11.4. The molecule has 1 aliphatic carbocycles. The minimum atomic E-state index is 1.01. The molecule has 0 atom stereocenters. The Balaban J connectivity index is 1.64. The number of hydrogen-bond acceptors (Lipinski definition) is 4. The highest BCUT2D eigenvalue weighted by molar-refractivity contribution is 7.21. The Kier molecular flexibility index (Phi) is 8.64. The summed E-state index contributed by atoms with van der Waals surface area (Å²) >= 11 is 1.82. The van der Waals surface area contributed by atoms with Crippen LogP contribution in [0.5, 0.6) is 0 Å². The molecule has 1 aromatic carbocycles. The Hall–Kier alpha value is -1.98. The van der Waals surface area contributed by atoms with E-state index in [1.807, 2.05) is 11.3 Å². The molecule has 3 rings (SSSR count). The molecule has 0 spiro atoms. The van der Waals surface area contributed by atoms with E-state index in [1.54, 1.807) is 0 Å². The SMILES string of the molecule is CCCCN(CCCC)CCCNc1ccc2nc3ccc(=[N+](C)C)cc-3sc2c1. The van der Waals surface area contributed by atoms with E-state index in [0.29, 0.717) is 0 Å². The lowest BCUT2D eigenvalue weighted by molar-refractivity contribution is 0.264. The van der Waals surface area contributed by atoms with Gasteiger partial charge in [-0.15, -0.1) is 11.3 Å². The Bertz CT molecular complexity index is 966. The van der Waals surface area contributed by atoms with Gasteiger partial charge in [0.25, 0.3) is 0 Å². The van der Waals surface area contributed by atoms with Crippen LogP contribution in [-0.2, 0) is 0 Å². The summed E-state index contributed by atoms with van der Waals surface area (Å²) < 4.78 is 3.37. The summed E-state index contributed by atoms with van der Waals surface area (Å²) in [6.07, 6.45) is 6.34.